The van der Waals surface area contributed by atoms with Gasteiger partial charge in [0.2, 0.25) is 0 Å². The minimum absolute atomic E-state index is 0.516. The summed E-state index contributed by atoms with van der Waals surface area (Å²) >= 11 is 5.94. The second kappa shape index (κ2) is 8.17. The van der Waals surface area contributed by atoms with Crippen molar-refractivity contribution in [1.82, 2.24) is 10.2 Å². The fourth-order valence-electron chi connectivity index (χ4n) is 3.24. The number of benzene rings is 1. The predicted molar refractivity (Wildman–Crippen MR) is 92.1 cm³/mol. The molecule has 2 atom stereocenters. The van der Waals surface area contributed by atoms with Gasteiger partial charge in [0.15, 0.2) is 0 Å². The molecule has 1 aromatic rings. The van der Waals surface area contributed by atoms with E-state index < -0.39 is 0 Å². The molecule has 1 N–H and O–H groups in total. The number of halogens is 1. The van der Waals surface area contributed by atoms with Gasteiger partial charge in [0.1, 0.15) is 0 Å². The lowest BCUT2D eigenvalue weighted by Crippen LogP contribution is -2.39. The predicted octanol–water partition coefficient (Wildman–Crippen LogP) is 4.12. The van der Waals surface area contributed by atoms with Crippen LogP contribution >= 0.6 is 11.6 Å². The monoisotopic (exact) mass is 308 g/mol. The summed E-state index contributed by atoms with van der Waals surface area (Å²) in [6, 6.07) is 10.1. The second-order valence-electron chi connectivity index (χ2n) is 6.66. The summed E-state index contributed by atoms with van der Waals surface area (Å²) in [5.74, 6) is 0. The molecule has 0 bridgehead atoms. The van der Waals surface area contributed by atoms with Gasteiger partial charge < -0.3 is 10.2 Å². The number of nitrogens with zero attached hydrogens (tertiary/aromatic N) is 1. The Morgan fingerprint density at radius 2 is 1.86 bits per heavy atom. The zero-order valence-electron chi connectivity index (χ0n) is 13.6. The zero-order valence-corrected chi connectivity index (χ0v) is 14.4. The quantitative estimate of drug-likeness (QED) is 0.880. The van der Waals surface area contributed by atoms with E-state index in [-0.39, 0.29) is 0 Å². The van der Waals surface area contributed by atoms with Crippen LogP contribution in [0.15, 0.2) is 24.3 Å². The highest BCUT2D eigenvalue weighted by Crippen LogP contribution is 2.15. The molecule has 0 aliphatic carbocycles. The molecule has 1 saturated heterocycles. The Bertz CT molecular complexity index is 416. The number of hydrogen-bond donors (Lipinski definition) is 1. The molecule has 0 saturated carbocycles. The topological polar surface area (TPSA) is 15.3 Å². The zero-order chi connectivity index (χ0) is 15.2. The fraction of sp³-hybridized carbons (Fsp3) is 0.667. The maximum Gasteiger partial charge on any atom is 0.0406 e. The normalized spacial score (nSPS) is 22.2. The minimum atomic E-state index is 0.516. The maximum atomic E-state index is 5.94. The van der Waals surface area contributed by atoms with Gasteiger partial charge >= 0.3 is 0 Å². The van der Waals surface area contributed by atoms with Crippen LogP contribution in [0.2, 0.25) is 5.02 Å². The van der Waals surface area contributed by atoms with Gasteiger partial charge in [-0.1, -0.05) is 23.7 Å². The Hall–Kier alpha value is -0.570. The molecule has 21 heavy (non-hydrogen) atoms. The first-order valence-electron chi connectivity index (χ1n) is 8.29. The van der Waals surface area contributed by atoms with Crippen LogP contribution in [0.25, 0.3) is 0 Å². The summed E-state index contributed by atoms with van der Waals surface area (Å²) in [7, 11) is 0. The van der Waals surface area contributed by atoms with Gasteiger partial charge in [0.05, 0.1) is 0 Å². The van der Waals surface area contributed by atoms with Gasteiger partial charge in [-0.15, -0.1) is 0 Å². The van der Waals surface area contributed by atoms with Crippen LogP contribution in [0.3, 0.4) is 0 Å². The summed E-state index contributed by atoms with van der Waals surface area (Å²) in [5, 5.41) is 4.64. The average molecular weight is 309 g/mol. The molecule has 118 valence electrons. The van der Waals surface area contributed by atoms with E-state index in [0.717, 1.165) is 11.4 Å². The third kappa shape index (κ3) is 5.61. The molecule has 1 aromatic carbocycles. The number of nitrogens with one attached hydrogen (secondary N) is 1. The minimum Gasteiger partial charge on any atom is -0.311 e. The average Bonchev–Trinajstić information content (AvgIpc) is 2.67. The molecule has 1 aliphatic rings. The molecule has 1 heterocycles. The van der Waals surface area contributed by atoms with Gasteiger partial charge in [0, 0.05) is 23.1 Å². The van der Waals surface area contributed by atoms with E-state index >= 15 is 0 Å². The summed E-state index contributed by atoms with van der Waals surface area (Å²) in [6.45, 7) is 9.37. The van der Waals surface area contributed by atoms with E-state index in [4.69, 9.17) is 11.6 Å². The van der Waals surface area contributed by atoms with Gasteiger partial charge in [-0.3, -0.25) is 0 Å². The molecule has 2 unspecified atom stereocenters. The van der Waals surface area contributed by atoms with E-state index in [1.165, 1.54) is 37.9 Å². The van der Waals surface area contributed by atoms with Crippen LogP contribution < -0.4 is 5.32 Å². The lowest BCUT2D eigenvalue weighted by Gasteiger charge is -2.25. The summed E-state index contributed by atoms with van der Waals surface area (Å²) in [6.07, 6.45) is 4.95. The molecule has 3 heteroatoms. The second-order valence-corrected chi connectivity index (χ2v) is 7.09. The third-order valence-electron chi connectivity index (χ3n) is 4.47. The number of hydrogen-bond acceptors (Lipinski definition) is 2. The molecule has 0 radical (unpaired) electrons. The van der Waals surface area contributed by atoms with Crippen LogP contribution in [-0.4, -0.2) is 36.1 Å². The first-order chi connectivity index (χ1) is 10.0. The lowest BCUT2D eigenvalue weighted by atomic mass is 10.0. The summed E-state index contributed by atoms with van der Waals surface area (Å²) in [4.78, 5) is 2.60. The Morgan fingerprint density at radius 1 is 1.14 bits per heavy atom. The summed E-state index contributed by atoms with van der Waals surface area (Å²) in [5.41, 5.74) is 1.36. The molecule has 0 amide bonds. The Balaban J connectivity index is 1.79. The maximum absolute atomic E-state index is 5.94. The van der Waals surface area contributed by atoms with Crippen molar-refractivity contribution < 1.29 is 0 Å². The number of likely N-dealkylation sites (tertiary alicyclic amines) is 1. The van der Waals surface area contributed by atoms with Gasteiger partial charge in [-0.2, -0.15) is 0 Å². The standard InChI is InChI=1S/C18H29ClN2/c1-14(2)21-11-4-5-18(10-12-21)20-15(3)13-16-6-8-17(19)9-7-16/h6-9,14-15,18,20H,4-5,10-13H2,1-3H3. The van der Waals surface area contributed by atoms with Crippen molar-refractivity contribution in [2.75, 3.05) is 13.1 Å². The van der Waals surface area contributed by atoms with E-state index in [1.807, 2.05) is 12.1 Å². The van der Waals surface area contributed by atoms with Crippen molar-refractivity contribution in [2.24, 2.45) is 0 Å². The van der Waals surface area contributed by atoms with Crippen molar-refractivity contribution >= 4 is 11.6 Å². The van der Waals surface area contributed by atoms with Crippen LogP contribution in [0.1, 0.15) is 45.6 Å². The van der Waals surface area contributed by atoms with Gasteiger partial charge in [-0.25, -0.2) is 0 Å². The van der Waals surface area contributed by atoms with Crippen LogP contribution in [0.5, 0.6) is 0 Å². The SMILES string of the molecule is CC(Cc1ccc(Cl)cc1)NC1CCCN(C(C)C)CC1. The molecule has 1 fully saturated rings. The lowest BCUT2D eigenvalue weighted by molar-refractivity contribution is 0.228. The first-order valence-corrected chi connectivity index (χ1v) is 8.67. The summed E-state index contributed by atoms with van der Waals surface area (Å²) < 4.78 is 0. The van der Waals surface area contributed by atoms with E-state index in [1.54, 1.807) is 0 Å². The van der Waals surface area contributed by atoms with E-state index in [9.17, 15) is 0 Å². The van der Waals surface area contributed by atoms with E-state index in [0.29, 0.717) is 18.1 Å². The fourth-order valence-corrected chi connectivity index (χ4v) is 3.36. The molecule has 0 spiro atoms. The molecule has 0 aromatic heterocycles. The number of rotatable bonds is 5. The van der Waals surface area contributed by atoms with Crippen molar-refractivity contribution in [2.45, 2.75) is 64.6 Å². The molecular formula is C18H29ClN2. The highest BCUT2D eigenvalue weighted by Gasteiger charge is 2.19. The molecule has 1 aliphatic heterocycles. The third-order valence-corrected chi connectivity index (χ3v) is 4.72. The van der Waals surface area contributed by atoms with Crippen LogP contribution in [-0.2, 0) is 6.42 Å². The van der Waals surface area contributed by atoms with Crippen molar-refractivity contribution in [3.63, 3.8) is 0 Å². The molecule has 2 rings (SSSR count). The Labute approximate surface area is 134 Å². The van der Waals surface area contributed by atoms with Crippen LogP contribution in [0.4, 0.5) is 0 Å². The first kappa shape index (κ1) is 16.8. The largest absolute Gasteiger partial charge is 0.311 e. The van der Waals surface area contributed by atoms with Crippen molar-refractivity contribution in [1.29, 1.82) is 0 Å². The Morgan fingerprint density at radius 3 is 2.52 bits per heavy atom. The Kier molecular flexibility index (Phi) is 6.53. The molecule has 2 nitrogen and oxygen atoms in total. The smallest absolute Gasteiger partial charge is 0.0406 e. The van der Waals surface area contributed by atoms with Crippen LogP contribution in [0, 0.1) is 0 Å². The van der Waals surface area contributed by atoms with Gasteiger partial charge in [0.25, 0.3) is 0 Å². The highest BCUT2D eigenvalue weighted by atomic mass is 35.5. The van der Waals surface area contributed by atoms with Crippen molar-refractivity contribution in [3.8, 4) is 0 Å². The van der Waals surface area contributed by atoms with E-state index in [2.05, 4.69) is 43.1 Å². The highest BCUT2D eigenvalue weighted by molar-refractivity contribution is 6.30. The molecular weight excluding hydrogens is 280 g/mol. The van der Waals surface area contributed by atoms with Crippen molar-refractivity contribution in [3.05, 3.63) is 34.9 Å². The van der Waals surface area contributed by atoms with Gasteiger partial charge in [-0.05, 0) is 77.2 Å².